The first-order valence-electron chi connectivity index (χ1n) is 7.95. The zero-order chi connectivity index (χ0) is 14.7. The van der Waals surface area contributed by atoms with Crippen molar-refractivity contribution >= 4 is 5.82 Å². The van der Waals surface area contributed by atoms with Gasteiger partial charge in [0.1, 0.15) is 5.82 Å². The van der Waals surface area contributed by atoms with Gasteiger partial charge in [0.2, 0.25) is 0 Å². The maximum atomic E-state index is 4.73. The molecule has 1 atom stereocenters. The molecule has 1 saturated heterocycles. The molecule has 0 saturated carbocycles. The SMILES string of the molecule is CC(C)N(c1ccc([C@@H]2CCCCN2C)cn1)C(C)C. The summed E-state index contributed by atoms with van der Waals surface area (Å²) in [6, 6.07) is 5.97. The molecule has 1 aromatic heterocycles. The minimum absolute atomic E-state index is 0.478. The molecule has 1 fully saturated rings. The van der Waals surface area contributed by atoms with Crippen LogP contribution in [-0.2, 0) is 0 Å². The van der Waals surface area contributed by atoms with Crippen molar-refractivity contribution in [3.05, 3.63) is 23.9 Å². The van der Waals surface area contributed by atoms with Gasteiger partial charge < -0.3 is 4.90 Å². The van der Waals surface area contributed by atoms with Crippen LogP contribution >= 0.6 is 0 Å². The van der Waals surface area contributed by atoms with Crippen LogP contribution in [0.5, 0.6) is 0 Å². The van der Waals surface area contributed by atoms with Crippen molar-refractivity contribution in [3.8, 4) is 0 Å². The summed E-state index contributed by atoms with van der Waals surface area (Å²) in [5.74, 6) is 1.09. The summed E-state index contributed by atoms with van der Waals surface area (Å²) >= 11 is 0. The number of piperidine rings is 1. The van der Waals surface area contributed by atoms with Crippen LogP contribution in [0.15, 0.2) is 18.3 Å². The Kier molecular flexibility index (Phi) is 5.03. The summed E-state index contributed by atoms with van der Waals surface area (Å²) in [4.78, 5) is 9.56. The number of likely N-dealkylation sites (tertiary alicyclic amines) is 1. The van der Waals surface area contributed by atoms with Gasteiger partial charge in [-0.25, -0.2) is 4.98 Å². The zero-order valence-corrected chi connectivity index (χ0v) is 13.6. The van der Waals surface area contributed by atoms with Crippen molar-refractivity contribution in [3.63, 3.8) is 0 Å². The average Bonchev–Trinajstić information content (AvgIpc) is 2.39. The second-order valence-corrected chi connectivity index (χ2v) is 6.54. The standard InChI is InChI=1S/C17H29N3/c1-13(2)20(14(3)4)17-10-9-15(12-18-17)16-8-6-7-11-19(16)5/h9-10,12-14,16H,6-8,11H2,1-5H3/t16-/m0/s1. The Labute approximate surface area is 124 Å². The highest BCUT2D eigenvalue weighted by Gasteiger charge is 2.21. The number of rotatable bonds is 4. The highest BCUT2D eigenvalue weighted by molar-refractivity contribution is 5.41. The molecule has 0 amide bonds. The van der Waals surface area contributed by atoms with Crippen molar-refractivity contribution < 1.29 is 0 Å². The second kappa shape index (κ2) is 6.57. The molecule has 2 rings (SSSR count). The van der Waals surface area contributed by atoms with E-state index in [0.29, 0.717) is 18.1 Å². The first-order valence-corrected chi connectivity index (χ1v) is 7.95. The van der Waals surface area contributed by atoms with Gasteiger partial charge >= 0.3 is 0 Å². The van der Waals surface area contributed by atoms with E-state index in [1.165, 1.54) is 31.4 Å². The molecular formula is C17H29N3. The van der Waals surface area contributed by atoms with Crippen molar-refractivity contribution in [2.75, 3.05) is 18.5 Å². The van der Waals surface area contributed by atoms with E-state index in [2.05, 4.69) is 62.9 Å². The molecule has 20 heavy (non-hydrogen) atoms. The quantitative estimate of drug-likeness (QED) is 0.831. The first kappa shape index (κ1) is 15.3. The fraction of sp³-hybridized carbons (Fsp3) is 0.706. The summed E-state index contributed by atoms with van der Waals surface area (Å²) in [6.45, 7) is 10.1. The molecule has 0 unspecified atom stereocenters. The highest BCUT2D eigenvalue weighted by Crippen LogP contribution is 2.30. The van der Waals surface area contributed by atoms with Gasteiger partial charge in [-0.1, -0.05) is 12.5 Å². The molecule has 0 spiro atoms. The van der Waals surface area contributed by atoms with Crippen LogP contribution in [0.4, 0.5) is 5.82 Å². The zero-order valence-electron chi connectivity index (χ0n) is 13.6. The molecule has 0 aliphatic carbocycles. The van der Waals surface area contributed by atoms with Crippen LogP contribution in [0.25, 0.3) is 0 Å². The fourth-order valence-electron chi connectivity index (χ4n) is 3.37. The van der Waals surface area contributed by atoms with E-state index < -0.39 is 0 Å². The van der Waals surface area contributed by atoms with Gasteiger partial charge in [-0.05, 0) is 65.8 Å². The Bertz CT molecular complexity index is 403. The second-order valence-electron chi connectivity index (χ2n) is 6.54. The van der Waals surface area contributed by atoms with Gasteiger partial charge in [0.25, 0.3) is 0 Å². The smallest absolute Gasteiger partial charge is 0.128 e. The Morgan fingerprint density at radius 2 is 1.85 bits per heavy atom. The Hall–Kier alpha value is -1.09. The molecule has 1 aromatic rings. The van der Waals surface area contributed by atoms with E-state index in [1.54, 1.807) is 0 Å². The number of aromatic nitrogens is 1. The van der Waals surface area contributed by atoms with Crippen LogP contribution in [0.1, 0.15) is 58.6 Å². The molecule has 3 nitrogen and oxygen atoms in total. The predicted octanol–water partition coefficient (Wildman–Crippen LogP) is 3.86. The molecule has 1 aliphatic rings. The van der Waals surface area contributed by atoms with Crippen LogP contribution in [0, 0.1) is 0 Å². The fourth-order valence-corrected chi connectivity index (χ4v) is 3.37. The lowest BCUT2D eigenvalue weighted by Crippen LogP contribution is -2.37. The minimum atomic E-state index is 0.478. The van der Waals surface area contributed by atoms with Crippen molar-refractivity contribution in [1.29, 1.82) is 0 Å². The van der Waals surface area contributed by atoms with Gasteiger partial charge in [0, 0.05) is 24.3 Å². The number of pyridine rings is 1. The van der Waals surface area contributed by atoms with Crippen molar-refractivity contribution in [2.24, 2.45) is 0 Å². The average molecular weight is 275 g/mol. The molecule has 0 N–H and O–H groups in total. The van der Waals surface area contributed by atoms with Gasteiger partial charge in [0.15, 0.2) is 0 Å². The van der Waals surface area contributed by atoms with Crippen LogP contribution in [-0.4, -0.2) is 35.6 Å². The first-order chi connectivity index (χ1) is 9.50. The molecule has 3 heteroatoms. The third kappa shape index (κ3) is 3.32. The third-order valence-corrected chi connectivity index (χ3v) is 4.30. The molecule has 1 aliphatic heterocycles. The summed E-state index contributed by atoms with van der Waals surface area (Å²) in [7, 11) is 2.23. The van der Waals surface area contributed by atoms with Gasteiger partial charge in [-0.15, -0.1) is 0 Å². The monoisotopic (exact) mass is 275 g/mol. The summed E-state index contributed by atoms with van der Waals surface area (Å²) < 4.78 is 0. The maximum Gasteiger partial charge on any atom is 0.128 e. The summed E-state index contributed by atoms with van der Waals surface area (Å²) in [6.07, 6.45) is 6.00. The normalized spacial score (nSPS) is 20.6. The third-order valence-electron chi connectivity index (χ3n) is 4.30. The van der Waals surface area contributed by atoms with E-state index in [-0.39, 0.29) is 0 Å². The molecule has 0 aromatic carbocycles. The Morgan fingerprint density at radius 1 is 1.15 bits per heavy atom. The topological polar surface area (TPSA) is 19.4 Å². The van der Waals surface area contributed by atoms with Crippen LogP contribution in [0.2, 0.25) is 0 Å². The van der Waals surface area contributed by atoms with Gasteiger partial charge in [0.05, 0.1) is 0 Å². The van der Waals surface area contributed by atoms with Gasteiger partial charge in [-0.2, -0.15) is 0 Å². The lowest BCUT2D eigenvalue weighted by Gasteiger charge is -2.34. The van der Waals surface area contributed by atoms with Gasteiger partial charge in [-0.3, -0.25) is 4.90 Å². The molecule has 112 valence electrons. The van der Waals surface area contributed by atoms with E-state index in [1.807, 2.05) is 0 Å². The lowest BCUT2D eigenvalue weighted by molar-refractivity contribution is 0.187. The molecule has 2 heterocycles. The lowest BCUT2D eigenvalue weighted by atomic mass is 9.97. The summed E-state index contributed by atoms with van der Waals surface area (Å²) in [5, 5.41) is 0. The predicted molar refractivity (Wildman–Crippen MR) is 86.2 cm³/mol. The van der Waals surface area contributed by atoms with Crippen LogP contribution in [0.3, 0.4) is 0 Å². The van der Waals surface area contributed by atoms with E-state index in [4.69, 9.17) is 4.98 Å². The largest absolute Gasteiger partial charge is 0.352 e. The minimum Gasteiger partial charge on any atom is -0.352 e. The van der Waals surface area contributed by atoms with E-state index in [0.717, 1.165) is 5.82 Å². The number of anilines is 1. The maximum absolute atomic E-state index is 4.73. The van der Waals surface area contributed by atoms with E-state index in [9.17, 15) is 0 Å². The Morgan fingerprint density at radius 3 is 2.35 bits per heavy atom. The molecular weight excluding hydrogens is 246 g/mol. The number of hydrogen-bond donors (Lipinski definition) is 0. The number of nitrogens with zero attached hydrogens (tertiary/aromatic N) is 3. The van der Waals surface area contributed by atoms with Crippen molar-refractivity contribution in [1.82, 2.24) is 9.88 Å². The van der Waals surface area contributed by atoms with Crippen LogP contribution < -0.4 is 4.90 Å². The summed E-state index contributed by atoms with van der Waals surface area (Å²) in [5.41, 5.74) is 1.36. The molecule has 0 bridgehead atoms. The molecule has 0 radical (unpaired) electrons. The number of hydrogen-bond acceptors (Lipinski definition) is 3. The van der Waals surface area contributed by atoms with Crippen molar-refractivity contribution in [2.45, 2.75) is 65.1 Å². The Balaban J connectivity index is 2.16. The highest BCUT2D eigenvalue weighted by atomic mass is 15.2. The van der Waals surface area contributed by atoms with E-state index >= 15 is 0 Å².